The van der Waals surface area contributed by atoms with Crippen LogP contribution in [0.4, 0.5) is 0 Å². The molecule has 1 saturated heterocycles. The van der Waals surface area contributed by atoms with E-state index in [0.29, 0.717) is 24.9 Å². The highest BCUT2D eigenvalue weighted by atomic mass is 16.4. The number of carbonyl (C=O) groups excluding carboxylic acids is 1. The van der Waals surface area contributed by atoms with E-state index in [0.717, 1.165) is 19.5 Å². The van der Waals surface area contributed by atoms with Crippen LogP contribution < -0.4 is 0 Å². The second-order valence-corrected chi connectivity index (χ2v) is 5.10. The van der Waals surface area contributed by atoms with Crippen LogP contribution >= 0.6 is 0 Å². The third kappa shape index (κ3) is 3.16. The first-order valence-electron chi connectivity index (χ1n) is 7.06. The Kier molecular flexibility index (Phi) is 4.72. The molecule has 20 heavy (non-hydrogen) atoms. The Morgan fingerprint density at radius 1 is 1.30 bits per heavy atom. The lowest BCUT2D eigenvalue weighted by molar-refractivity contribution is -0.141. The summed E-state index contributed by atoms with van der Waals surface area (Å²) in [4.78, 5) is 15.6. The van der Waals surface area contributed by atoms with Crippen LogP contribution in [0.5, 0.6) is 0 Å². The van der Waals surface area contributed by atoms with Gasteiger partial charge in [0.25, 0.3) is 5.91 Å². The molecule has 2 unspecified atom stereocenters. The Morgan fingerprint density at radius 3 is 2.45 bits per heavy atom. The molecule has 1 aliphatic heterocycles. The highest BCUT2D eigenvalue weighted by Crippen LogP contribution is 2.20. The van der Waals surface area contributed by atoms with Crippen molar-refractivity contribution in [3.63, 3.8) is 0 Å². The molecular weight excluding hydrogens is 260 g/mol. The number of hydrogen-bond donors (Lipinski definition) is 1. The zero-order valence-electron chi connectivity index (χ0n) is 12.2. The molecule has 1 aromatic heterocycles. The Hall–Kier alpha value is -1.47. The summed E-state index contributed by atoms with van der Waals surface area (Å²) in [5.41, 5.74) is 0. The fraction of sp³-hybridized carbons (Fsp3) is 0.769. The van der Waals surface area contributed by atoms with Gasteiger partial charge in [0.1, 0.15) is 6.10 Å². The highest BCUT2D eigenvalue weighted by Gasteiger charge is 2.28. The van der Waals surface area contributed by atoms with Gasteiger partial charge in [0.05, 0.1) is 6.04 Å². The molecule has 1 aromatic rings. The maximum Gasteiger partial charge on any atom is 0.251 e. The van der Waals surface area contributed by atoms with Crippen molar-refractivity contribution in [1.29, 1.82) is 0 Å². The first-order chi connectivity index (χ1) is 9.52. The number of carbonyl (C=O) groups is 1. The van der Waals surface area contributed by atoms with E-state index in [9.17, 15) is 9.90 Å². The van der Waals surface area contributed by atoms with Gasteiger partial charge in [-0.3, -0.25) is 9.69 Å². The number of hydrogen-bond acceptors (Lipinski definition) is 6. The van der Waals surface area contributed by atoms with Crippen LogP contribution in [0.25, 0.3) is 0 Å². The molecule has 1 aliphatic rings. The van der Waals surface area contributed by atoms with Gasteiger partial charge in [-0.25, -0.2) is 0 Å². The van der Waals surface area contributed by atoms with Crippen molar-refractivity contribution in [1.82, 2.24) is 20.0 Å². The lowest BCUT2D eigenvalue weighted by Gasteiger charge is -2.37. The van der Waals surface area contributed by atoms with Gasteiger partial charge in [-0.15, -0.1) is 10.2 Å². The molecule has 7 heteroatoms. The van der Waals surface area contributed by atoms with E-state index < -0.39 is 6.10 Å². The highest BCUT2D eigenvalue weighted by molar-refractivity contribution is 5.80. The van der Waals surface area contributed by atoms with Crippen LogP contribution in [0.3, 0.4) is 0 Å². The van der Waals surface area contributed by atoms with Crippen molar-refractivity contribution in [3.05, 3.63) is 11.8 Å². The summed E-state index contributed by atoms with van der Waals surface area (Å²) in [6.45, 7) is 8.21. The van der Waals surface area contributed by atoms with Gasteiger partial charge >= 0.3 is 0 Å². The van der Waals surface area contributed by atoms with Crippen LogP contribution in [0, 0.1) is 0 Å². The molecule has 1 amide bonds. The zero-order valence-corrected chi connectivity index (χ0v) is 12.2. The first-order valence-corrected chi connectivity index (χ1v) is 7.06. The van der Waals surface area contributed by atoms with E-state index in [1.54, 1.807) is 4.90 Å². The van der Waals surface area contributed by atoms with E-state index in [2.05, 4.69) is 15.1 Å². The maximum atomic E-state index is 11.7. The number of aryl methyl sites for hydroxylation is 1. The van der Waals surface area contributed by atoms with E-state index in [-0.39, 0.29) is 11.9 Å². The third-order valence-corrected chi connectivity index (χ3v) is 3.67. The molecule has 0 radical (unpaired) electrons. The largest absolute Gasteiger partial charge is 0.424 e. The molecule has 0 bridgehead atoms. The molecule has 0 aliphatic carbocycles. The number of piperazine rings is 1. The predicted molar refractivity (Wildman–Crippen MR) is 71.9 cm³/mol. The number of aliphatic hydroxyl groups is 1. The van der Waals surface area contributed by atoms with Crippen molar-refractivity contribution in [3.8, 4) is 0 Å². The fourth-order valence-electron chi connectivity index (χ4n) is 2.33. The second kappa shape index (κ2) is 6.32. The smallest absolute Gasteiger partial charge is 0.251 e. The van der Waals surface area contributed by atoms with Gasteiger partial charge in [-0.2, -0.15) is 0 Å². The summed E-state index contributed by atoms with van der Waals surface area (Å²) < 4.78 is 5.58. The summed E-state index contributed by atoms with van der Waals surface area (Å²) in [5.74, 6) is 1.07. The number of aliphatic hydroxyl groups excluding tert-OH is 1. The van der Waals surface area contributed by atoms with Gasteiger partial charge < -0.3 is 14.4 Å². The van der Waals surface area contributed by atoms with Crippen LogP contribution in [0.15, 0.2) is 4.42 Å². The van der Waals surface area contributed by atoms with E-state index in [1.165, 1.54) is 6.92 Å². The van der Waals surface area contributed by atoms with Crippen molar-refractivity contribution < 1.29 is 14.3 Å². The molecule has 2 rings (SSSR count). The van der Waals surface area contributed by atoms with Crippen molar-refractivity contribution >= 4 is 5.91 Å². The number of nitrogens with zero attached hydrogens (tertiary/aromatic N) is 4. The van der Waals surface area contributed by atoms with Crippen LogP contribution in [0.1, 0.15) is 38.6 Å². The predicted octanol–water partition coefficient (Wildman–Crippen LogP) is 0.218. The van der Waals surface area contributed by atoms with Gasteiger partial charge in [-0.1, -0.05) is 6.92 Å². The van der Waals surface area contributed by atoms with Crippen molar-refractivity contribution in [2.24, 2.45) is 0 Å². The van der Waals surface area contributed by atoms with Gasteiger partial charge in [0.2, 0.25) is 11.8 Å². The summed E-state index contributed by atoms with van der Waals surface area (Å²) in [5, 5.41) is 17.4. The van der Waals surface area contributed by atoms with Gasteiger partial charge in [0.15, 0.2) is 0 Å². The average molecular weight is 282 g/mol. The van der Waals surface area contributed by atoms with Crippen molar-refractivity contribution in [2.45, 2.75) is 39.3 Å². The minimum atomic E-state index is -0.929. The summed E-state index contributed by atoms with van der Waals surface area (Å²) in [6, 6.07) is 0.0478. The lowest BCUT2D eigenvalue weighted by atomic mass is 10.2. The van der Waals surface area contributed by atoms with E-state index in [4.69, 9.17) is 4.42 Å². The standard InChI is InChI=1S/C13H22N4O3/c1-4-11-14-15-12(20-11)9(2)16-5-7-17(8-6-16)13(19)10(3)18/h9-10,18H,4-8H2,1-3H3. The normalized spacial score (nSPS) is 19.9. The second-order valence-electron chi connectivity index (χ2n) is 5.10. The average Bonchev–Trinajstić information content (AvgIpc) is 2.94. The van der Waals surface area contributed by atoms with Crippen molar-refractivity contribution in [2.75, 3.05) is 26.2 Å². The molecule has 2 heterocycles. The Labute approximate surface area is 118 Å². The summed E-state index contributed by atoms with van der Waals surface area (Å²) in [6.07, 6.45) is -0.196. The monoisotopic (exact) mass is 282 g/mol. The molecule has 1 fully saturated rings. The van der Waals surface area contributed by atoms with E-state index in [1.807, 2.05) is 13.8 Å². The fourth-order valence-corrected chi connectivity index (χ4v) is 2.33. The van der Waals surface area contributed by atoms with Gasteiger partial charge in [-0.05, 0) is 13.8 Å². The van der Waals surface area contributed by atoms with Crippen LogP contribution in [-0.4, -0.2) is 63.3 Å². The SMILES string of the molecule is CCc1nnc(C(C)N2CCN(C(=O)C(C)O)CC2)o1. The number of rotatable bonds is 4. The van der Waals surface area contributed by atoms with E-state index >= 15 is 0 Å². The Balaban J connectivity index is 1.91. The molecule has 0 spiro atoms. The van der Waals surface area contributed by atoms with Gasteiger partial charge in [0, 0.05) is 32.6 Å². The maximum absolute atomic E-state index is 11.7. The minimum Gasteiger partial charge on any atom is -0.424 e. The topological polar surface area (TPSA) is 82.7 Å². The lowest BCUT2D eigenvalue weighted by Crippen LogP contribution is -2.51. The first kappa shape index (κ1) is 14.9. The summed E-state index contributed by atoms with van der Waals surface area (Å²) >= 11 is 0. The molecule has 0 saturated carbocycles. The molecule has 1 N–H and O–H groups in total. The molecule has 0 aromatic carbocycles. The van der Waals surface area contributed by atoms with Crippen LogP contribution in [-0.2, 0) is 11.2 Å². The molecule has 7 nitrogen and oxygen atoms in total. The quantitative estimate of drug-likeness (QED) is 0.850. The number of aromatic nitrogens is 2. The Bertz CT molecular complexity index is 452. The molecule has 112 valence electrons. The zero-order chi connectivity index (χ0) is 14.7. The third-order valence-electron chi connectivity index (χ3n) is 3.67. The Morgan fingerprint density at radius 2 is 1.95 bits per heavy atom. The molecule has 2 atom stereocenters. The number of amides is 1. The summed E-state index contributed by atoms with van der Waals surface area (Å²) in [7, 11) is 0. The minimum absolute atomic E-state index is 0.0478. The van der Waals surface area contributed by atoms with Crippen LogP contribution in [0.2, 0.25) is 0 Å². The molecular formula is C13H22N4O3.